The number of halogens is 2. The van der Waals surface area contributed by atoms with Crippen molar-refractivity contribution in [2.24, 2.45) is 0 Å². The molecule has 10 heteroatoms. The molecule has 4 rings (SSSR count). The van der Waals surface area contributed by atoms with Crippen LogP contribution >= 0.6 is 0 Å². The maximum atomic E-state index is 13.9. The van der Waals surface area contributed by atoms with Gasteiger partial charge in [-0.2, -0.15) is 0 Å². The van der Waals surface area contributed by atoms with Gasteiger partial charge in [0, 0.05) is 17.8 Å². The first-order chi connectivity index (χ1) is 15.8. The number of benzene rings is 2. The van der Waals surface area contributed by atoms with E-state index < -0.39 is 33.1 Å². The smallest absolute Gasteiger partial charge is 0.261 e. The Morgan fingerprint density at radius 2 is 1.70 bits per heavy atom. The van der Waals surface area contributed by atoms with Crippen molar-refractivity contribution in [1.29, 1.82) is 0 Å². The van der Waals surface area contributed by atoms with Crippen molar-refractivity contribution >= 4 is 27.1 Å². The molecule has 166 valence electrons. The Hall–Kier alpha value is -4.18. The molecule has 0 aliphatic heterocycles. The van der Waals surface area contributed by atoms with E-state index in [1.54, 1.807) is 6.07 Å². The minimum atomic E-state index is -4.26. The Morgan fingerprint density at radius 1 is 0.970 bits per heavy atom. The quantitative estimate of drug-likeness (QED) is 0.403. The fourth-order valence-corrected chi connectivity index (χ4v) is 4.06. The summed E-state index contributed by atoms with van der Waals surface area (Å²) in [6.45, 7) is 3.86. The van der Waals surface area contributed by atoms with Crippen molar-refractivity contribution in [1.82, 2.24) is 9.97 Å². The second kappa shape index (κ2) is 8.75. The number of nitrogens with zero attached hydrogens (tertiary/aromatic N) is 2. The molecule has 0 saturated heterocycles. The molecule has 0 aliphatic rings. The monoisotopic (exact) mass is 467 g/mol. The van der Waals surface area contributed by atoms with Crippen LogP contribution in [0.4, 0.5) is 14.5 Å². The number of hydrogen-bond donors (Lipinski definition) is 1. The lowest BCUT2D eigenvalue weighted by Crippen LogP contribution is -2.17. The van der Waals surface area contributed by atoms with Crippen LogP contribution in [-0.4, -0.2) is 24.2 Å². The molecule has 0 fully saturated rings. The lowest BCUT2D eigenvalue weighted by Gasteiger charge is -2.13. The number of carbonyl (C=O) groups is 1. The lowest BCUT2D eigenvalue weighted by molar-refractivity contribution is 0.103. The minimum Gasteiger partial charge on any atom is -0.445 e. The molecule has 0 aliphatic carbocycles. The van der Waals surface area contributed by atoms with Crippen LogP contribution in [0.25, 0.3) is 5.57 Å². The average Bonchev–Trinajstić information content (AvgIpc) is 3.36. The normalized spacial score (nSPS) is 11.2. The molecule has 2 aromatic heterocycles. The molecule has 0 atom stereocenters. The van der Waals surface area contributed by atoms with Crippen LogP contribution in [-0.2, 0) is 10.0 Å². The van der Waals surface area contributed by atoms with Crippen LogP contribution in [0.5, 0.6) is 0 Å². The molecule has 33 heavy (non-hydrogen) atoms. The van der Waals surface area contributed by atoms with Gasteiger partial charge in [0.2, 0.25) is 11.7 Å². The largest absolute Gasteiger partial charge is 0.445 e. The summed E-state index contributed by atoms with van der Waals surface area (Å²) in [5.74, 6) is -3.11. The number of sulfonamides is 1. The fraction of sp³-hybridized carbons (Fsp3) is 0. The van der Waals surface area contributed by atoms with E-state index >= 15 is 0 Å². The first-order valence-electron chi connectivity index (χ1n) is 9.43. The van der Waals surface area contributed by atoms with Crippen LogP contribution in [0, 0.1) is 11.6 Å². The predicted molar refractivity (Wildman–Crippen MR) is 116 cm³/mol. The zero-order chi connectivity index (χ0) is 23.6. The van der Waals surface area contributed by atoms with Crippen LogP contribution < -0.4 is 4.72 Å². The van der Waals surface area contributed by atoms with Crippen LogP contribution in [0.3, 0.4) is 0 Å². The highest BCUT2D eigenvalue weighted by atomic mass is 32.2. The molecule has 2 heterocycles. The highest BCUT2D eigenvalue weighted by Gasteiger charge is 2.23. The van der Waals surface area contributed by atoms with Crippen molar-refractivity contribution in [3.63, 3.8) is 0 Å². The van der Waals surface area contributed by atoms with E-state index in [9.17, 15) is 22.0 Å². The summed E-state index contributed by atoms with van der Waals surface area (Å²) in [6.07, 6.45) is 4.19. The van der Waals surface area contributed by atoms with E-state index in [0.717, 1.165) is 0 Å². The van der Waals surface area contributed by atoms with Gasteiger partial charge in [-0.05, 0) is 35.9 Å². The summed E-state index contributed by atoms with van der Waals surface area (Å²) >= 11 is 0. The van der Waals surface area contributed by atoms with E-state index in [-0.39, 0.29) is 22.0 Å². The number of anilines is 1. The summed E-state index contributed by atoms with van der Waals surface area (Å²) in [6, 6.07) is 11.3. The second-order valence-electron chi connectivity index (χ2n) is 6.80. The van der Waals surface area contributed by atoms with Gasteiger partial charge in [0.05, 0.1) is 22.3 Å². The van der Waals surface area contributed by atoms with Gasteiger partial charge in [-0.15, -0.1) is 0 Å². The molecule has 1 N–H and O–H groups in total. The average molecular weight is 467 g/mol. The van der Waals surface area contributed by atoms with Gasteiger partial charge in [0.25, 0.3) is 10.0 Å². The van der Waals surface area contributed by atoms with E-state index in [1.807, 2.05) is 0 Å². The first-order valence-corrected chi connectivity index (χ1v) is 10.9. The third-order valence-corrected chi connectivity index (χ3v) is 6.03. The SMILES string of the molecule is C=C(c1ccc(S(=O)(=O)Nc2cc(F)c(F)cc2C(=O)c2ccccn2)cc1)c1ncco1. The van der Waals surface area contributed by atoms with E-state index in [4.69, 9.17) is 4.42 Å². The molecule has 7 nitrogen and oxygen atoms in total. The van der Waals surface area contributed by atoms with Gasteiger partial charge in [-0.3, -0.25) is 14.5 Å². The number of oxazole rings is 1. The molecule has 0 bridgehead atoms. The highest BCUT2D eigenvalue weighted by Crippen LogP contribution is 2.27. The number of hydrogen-bond acceptors (Lipinski definition) is 6. The molecule has 2 aromatic carbocycles. The Kier molecular flexibility index (Phi) is 5.84. The van der Waals surface area contributed by atoms with E-state index in [2.05, 4.69) is 21.3 Å². The Labute approximate surface area is 187 Å². The number of carbonyl (C=O) groups excluding carboxylic acids is 1. The second-order valence-corrected chi connectivity index (χ2v) is 8.48. The maximum Gasteiger partial charge on any atom is 0.261 e. The number of nitrogens with one attached hydrogen (secondary N) is 1. The number of ketones is 1. The van der Waals surface area contributed by atoms with Crippen LogP contribution in [0.2, 0.25) is 0 Å². The van der Waals surface area contributed by atoms with E-state index in [0.29, 0.717) is 23.3 Å². The number of aromatic nitrogens is 2. The van der Waals surface area contributed by atoms with Gasteiger partial charge in [0.15, 0.2) is 11.6 Å². The maximum absolute atomic E-state index is 13.9. The van der Waals surface area contributed by atoms with Crippen LogP contribution in [0.15, 0.2) is 89.1 Å². The van der Waals surface area contributed by atoms with Gasteiger partial charge < -0.3 is 4.42 Å². The summed E-state index contributed by atoms with van der Waals surface area (Å²) < 4.78 is 61.0. The summed E-state index contributed by atoms with van der Waals surface area (Å²) in [7, 11) is -4.26. The minimum absolute atomic E-state index is 0.0571. The molecular weight excluding hydrogens is 452 g/mol. The first kappa shape index (κ1) is 22.0. The molecule has 0 unspecified atom stereocenters. The van der Waals surface area contributed by atoms with Crippen molar-refractivity contribution in [2.45, 2.75) is 4.90 Å². The Morgan fingerprint density at radius 3 is 2.33 bits per heavy atom. The van der Waals surface area contributed by atoms with Crippen molar-refractivity contribution < 1.29 is 26.4 Å². The topological polar surface area (TPSA) is 102 Å². The van der Waals surface area contributed by atoms with Crippen molar-refractivity contribution in [3.05, 3.63) is 114 Å². The Balaban J connectivity index is 1.66. The molecule has 0 spiro atoms. The molecular formula is C23H15F2N3O4S. The van der Waals surface area contributed by atoms with Gasteiger partial charge >= 0.3 is 0 Å². The lowest BCUT2D eigenvalue weighted by atomic mass is 10.1. The number of pyridine rings is 1. The highest BCUT2D eigenvalue weighted by molar-refractivity contribution is 7.92. The zero-order valence-electron chi connectivity index (χ0n) is 16.8. The third kappa shape index (κ3) is 4.55. The van der Waals surface area contributed by atoms with Gasteiger partial charge in [0.1, 0.15) is 12.0 Å². The summed E-state index contributed by atoms with van der Waals surface area (Å²) in [4.78, 5) is 20.5. The molecule has 0 amide bonds. The fourth-order valence-electron chi connectivity index (χ4n) is 2.99. The van der Waals surface area contributed by atoms with Gasteiger partial charge in [-0.25, -0.2) is 22.2 Å². The van der Waals surface area contributed by atoms with Crippen molar-refractivity contribution in [3.8, 4) is 0 Å². The Bertz CT molecular complexity index is 1440. The predicted octanol–water partition coefficient (Wildman–Crippen LogP) is 4.44. The zero-order valence-corrected chi connectivity index (χ0v) is 17.6. The molecule has 0 saturated carbocycles. The standard InChI is InChI=1S/C23H15F2N3O4S/c1-14(23-27-10-11-32-23)15-5-7-16(8-6-15)33(30,31)28-21-13-19(25)18(24)12-17(21)22(29)20-4-2-3-9-26-20/h2-13,28H,1H2. The van der Waals surface area contributed by atoms with Crippen molar-refractivity contribution in [2.75, 3.05) is 4.72 Å². The molecule has 0 radical (unpaired) electrons. The third-order valence-electron chi connectivity index (χ3n) is 4.65. The van der Waals surface area contributed by atoms with E-state index in [1.165, 1.54) is 55.1 Å². The summed E-state index contributed by atoms with van der Waals surface area (Å²) in [5.41, 5.74) is 0.150. The molecule has 4 aromatic rings. The van der Waals surface area contributed by atoms with Crippen LogP contribution in [0.1, 0.15) is 27.5 Å². The number of rotatable bonds is 7. The van der Waals surface area contributed by atoms with Gasteiger partial charge in [-0.1, -0.05) is 24.8 Å². The summed E-state index contributed by atoms with van der Waals surface area (Å²) in [5, 5.41) is 0.